The Hall–Kier alpha value is -0.820. The zero-order chi connectivity index (χ0) is 11.0. The van der Waals surface area contributed by atoms with E-state index in [1.807, 2.05) is 0 Å². The zero-order valence-corrected chi connectivity index (χ0v) is 10.2. The van der Waals surface area contributed by atoms with Crippen LogP contribution < -0.4 is 0 Å². The van der Waals surface area contributed by atoms with Crippen molar-refractivity contribution in [1.29, 1.82) is 0 Å². The molecule has 14 heavy (non-hydrogen) atoms. The predicted octanol–water partition coefficient (Wildman–Crippen LogP) is 3.41. The van der Waals surface area contributed by atoms with Crippen LogP contribution in [0.5, 0.6) is 0 Å². The molecular formula is C13H23N. The van der Waals surface area contributed by atoms with Gasteiger partial charge in [-0.3, -0.25) is 0 Å². The molecule has 0 aromatic rings. The molecule has 0 N–H and O–H groups in total. The normalized spacial score (nSPS) is 14.4. The average Bonchev–Trinajstić information content (AvgIpc) is 2.14. The van der Waals surface area contributed by atoms with Crippen LogP contribution in [0, 0.1) is 0 Å². The largest absolute Gasteiger partial charge is 0.305 e. The van der Waals surface area contributed by atoms with Gasteiger partial charge in [-0.05, 0) is 46.9 Å². The first kappa shape index (κ1) is 13.2. The van der Waals surface area contributed by atoms with Gasteiger partial charge in [0.05, 0.1) is 0 Å². The summed E-state index contributed by atoms with van der Waals surface area (Å²) in [7, 11) is 4.20. The van der Waals surface area contributed by atoms with Gasteiger partial charge in [0.2, 0.25) is 0 Å². The molecule has 0 bridgehead atoms. The molecule has 0 saturated carbocycles. The minimum atomic E-state index is 1.02. The van der Waals surface area contributed by atoms with Crippen LogP contribution in [0.25, 0.3) is 0 Å². The van der Waals surface area contributed by atoms with E-state index in [4.69, 9.17) is 0 Å². The first-order chi connectivity index (χ1) is 6.61. The second-order valence-corrected chi connectivity index (χ2v) is 3.74. The highest BCUT2D eigenvalue weighted by Gasteiger charge is 1.99. The number of hydrogen-bond acceptors (Lipinski definition) is 1. The van der Waals surface area contributed by atoms with E-state index in [2.05, 4.69) is 64.1 Å². The Bertz CT molecular complexity index is 232. The molecule has 0 unspecified atom stereocenters. The van der Waals surface area contributed by atoms with Crippen LogP contribution in [0.2, 0.25) is 0 Å². The van der Waals surface area contributed by atoms with Gasteiger partial charge in [0.15, 0.2) is 0 Å². The van der Waals surface area contributed by atoms with E-state index < -0.39 is 0 Å². The number of likely N-dealkylation sites (N-methyl/N-ethyl adjacent to an activating group) is 1. The topological polar surface area (TPSA) is 3.24 Å². The Morgan fingerprint density at radius 2 is 1.86 bits per heavy atom. The van der Waals surface area contributed by atoms with Crippen LogP contribution in [0.3, 0.4) is 0 Å². The standard InChI is InChI=1S/C13H23N/c1-6-8-9-10-12(3)13(7-2)11-14(4)5/h6-8,10H,9,11H2,1-5H3/b8-6-,12-10-,13-7-. The predicted molar refractivity (Wildman–Crippen MR) is 65.5 cm³/mol. The van der Waals surface area contributed by atoms with Gasteiger partial charge in [0, 0.05) is 6.54 Å². The van der Waals surface area contributed by atoms with E-state index in [0.717, 1.165) is 13.0 Å². The number of rotatable bonds is 5. The van der Waals surface area contributed by atoms with E-state index in [9.17, 15) is 0 Å². The summed E-state index contributed by atoms with van der Waals surface area (Å²) in [6.07, 6.45) is 9.77. The third-order valence-electron chi connectivity index (χ3n) is 2.14. The lowest BCUT2D eigenvalue weighted by molar-refractivity contribution is 0.447. The maximum absolute atomic E-state index is 2.28. The summed E-state index contributed by atoms with van der Waals surface area (Å²) in [6, 6.07) is 0. The highest BCUT2D eigenvalue weighted by Crippen LogP contribution is 2.10. The molecule has 0 aliphatic carbocycles. The number of nitrogens with zero attached hydrogens (tertiary/aromatic N) is 1. The third kappa shape index (κ3) is 5.76. The van der Waals surface area contributed by atoms with E-state index >= 15 is 0 Å². The molecule has 0 atom stereocenters. The maximum atomic E-state index is 2.28. The van der Waals surface area contributed by atoms with Crippen molar-refractivity contribution in [2.45, 2.75) is 27.2 Å². The van der Waals surface area contributed by atoms with Crippen molar-refractivity contribution in [3.63, 3.8) is 0 Å². The first-order valence-electron chi connectivity index (χ1n) is 5.20. The summed E-state index contributed by atoms with van der Waals surface area (Å²) in [5, 5.41) is 0. The molecule has 0 fully saturated rings. The lowest BCUT2D eigenvalue weighted by atomic mass is 10.1. The van der Waals surface area contributed by atoms with E-state index in [1.54, 1.807) is 0 Å². The van der Waals surface area contributed by atoms with E-state index in [-0.39, 0.29) is 0 Å². The number of allylic oxidation sites excluding steroid dienone is 4. The molecular weight excluding hydrogens is 170 g/mol. The molecule has 0 aliphatic rings. The first-order valence-corrected chi connectivity index (χ1v) is 5.20. The summed E-state index contributed by atoms with van der Waals surface area (Å²) in [5.74, 6) is 0. The number of hydrogen-bond donors (Lipinski definition) is 0. The van der Waals surface area contributed by atoms with Crippen molar-refractivity contribution in [3.05, 3.63) is 35.5 Å². The summed E-state index contributed by atoms with van der Waals surface area (Å²) in [6.45, 7) is 7.36. The molecule has 0 aromatic heterocycles. The maximum Gasteiger partial charge on any atom is 0.0226 e. The van der Waals surface area contributed by atoms with Crippen LogP contribution in [0.4, 0.5) is 0 Å². The second kappa shape index (κ2) is 7.57. The summed E-state index contributed by atoms with van der Waals surface area (Å²) >= 11 is 0. The fraction of sp³-hybridized carbons (Fsp3) is 0.538. The quantitative estimate of drug-likeness (QED) is 0.478. The van der Waals surface area contributed by atoms with Crippen molar-refractivity contribution >= 4 is 0 Å². The monoisotopic (exact) mass is 193 g/mol. The summed E-state index contributed by atoms with van der Waals surface area (Å²) in [5.41, 5.74) is 2.80. The van der Waals surface area contributed by atoms with Crippen molar-refractivity contribution in [1.82, 2.24) is 4.90 Å². The minimum Gasteiger partial charge on any atom is -0.305 e. The summed E-state index contributed by atoms with van der Waals surface area (Å²) in [4.78, 5) is 2.20. The van der Waals surface area contributed by atoms with Gasteiger partial charge in [-0.15, -0.1) is 0 Å². The highest BCUT2D eigenvalue weighted by molar-refractivity contribution is 5.30. The lowest BCUT2D eigenvalue weighted by Crippen LogP contribution is -2.15. The van der Waals surface area contributed by atoms with Gasteiger partial charge in [-0.25, -0.2) is 0 Å². The lowest BCUT2D eigenvalue weighted by Gasteiger charge is -2.13. The Kier molecular flexibility index (Phi) is 7.13. The highest BCUT2D eigenvalue weighted by atomic mass is 15.0. The van der Waals surface area contributed by atoms with Crippen molar-refractivity contribution in [2.24, 2.45) is 0 Å². The summed E-state index contributed by atoms with van der Waals surface area (Å²) < 4.78 is 0. The molecule has 0 rings (SSSR count). The van der Waals surface area contributed by atoms with Crippen LogP contribution >= 0.6 is 0 Å². The van der Waals surface area contributed by atoms with Crippen molar-refractivity contribution < 1.29 is 0 Å². The Morgan fingerprint density at radius 3 is 2.29 bits per heavy atom. The molecule has 0 radical (unpaired) electrons. The molecule has 0 heterocycles. The third-order valence-corrected chi connectivity index (χ3v) is 2.14. The second-order valence-electron chi connectivity index (χ2n) is 3.74. The Labute approximate surface area is 88.8 Å². The smallest absolute Gasteiger partial charge is 0.0226 e. The van der Waals surface area contributed by atoms with Crippen LogP contribution in [0.15, 0.2) is 35.5 Å². The fourth-order valence-electron chi connectivity index (χ4n) is 1.30. The van der Waals surface area contributed by atoms with Crippen LogP contribution in [0.1, 0.15) is 27.2 Å². The Balaban J connectivity index is 4.31. The molecule has 0 spiro atoms. The van der Waals surface area contributed by atoms with Gasteiger partial charge in [0.1, 0.15) is 0 Å². The van der Waals surface area contributed by atoms with Gasteiger partial charge < -0.3 is 4.90 Å². The molecule has 0 aromatic carbocycles. The van der Waals surface area contributed by atoms with Gasteiger partial charge in [-0.2, -0.15) is 0 Å². The molecule has 80 valence electrons. The molecule has 0 amide bonds. The van der Waals surface area contributed by atoms with E-state index in [0.29, 0.717) is 0 Å². The van der Waals surface area contributed by atoms with Crippen molar-refractivity contribution in [2.75, 3.05) is 20.6 Å². The van der Waals surface area contributed by atoms with Gasteiger partial charge in [0.25, 0.3) is 0 Å². The molecule has 0 aliphatic heterocycles. The SMILES string of the molecule is C/C=C\C/C=C(C)\C(=C/C)CN(C)C. The van der Waals surface area contributed by atoms with Crippen LogP contribution in [-0.2, 0) is 0 Å². The fourth-order valence-corrected chi connectivity index (χ4v) is 1.30. The van der Waals surface area contributed by atoms with E-state index in [1.165, 1.54) is 11.1 Å². The molecule has 1 nitrogen and oxygen atoms in total. The van der Waals surface area contributed by atoms with Gasteiger partial charge >= 0.3 is 0 Å². The van der Waals surface area contributed by atoms with Crippen LogP contribution in [-0.4, -0.2) is 25.5 Å². The van der Waals surface area contributed by atoms with Crippen molar-refractivity contribution in [3.8, 4) is 0 Å². The molecule has 1 heteroatoms. The molecule has 0 saturated heterocycles. The minimum absolute atomic E-state index is 1.02. The zero-order valence-electron chi connectivity index (χ0n) is 10.2. The average molecular weight is 193 g/mol. The van der Waals surface area contributed by atoms with Gasteiger partial charge in [-0.1, -0.05) is 29.9 Å². The Morgan fingerprint density at radius 1 is 1.21 bits per heavy atom.